The Morgan fingerprint density at radius 1 is 0.700 bits per heavy atom. The normalized spacial score (nSPS) is 10.0. The number of aromatic nitrogens is 8. The summed E-state index contributed by atoms with van der Waals surface area (Å²) >= 11 is 11.8. The van der Waals surface area contributed by atoms with Crippen molar-refractivity contribution in [3.8, 4) is 22.8 Å². The van der Waals surface area contributed by atoms with Crippen molar-refractivity contribution in [1.82, 2.24) is 39.6 Å². The predicted molar refractivity (Wildman–Crippen MR) is 150 cm³/mol. The minimum absolute atomic E-state index is 0. The van der Waals surface area contributed by atoms with Crippen LogP contribution in [0.4, 0.5) is 4.70 Å². The van der Waals surface area contributed by atoms with Crippen LogP contribution in [0.3, 0.4) is 0 Å². The van der Waals surface area contributed by atoms with Crippen molar-refractivity contribution < 1.29 is 24.5 Å². The summed E-state index contributed by atoms with van der Waals surface area (Å²) in [5.74, 6) is -1.03. The molecule has 0 saturated heterocycles. The molecule has 0 amide bonds. The van der Waals surface area contributed by atoms with Crippen LogP contribution in [0.15, 0.2) is 60.7 Å². The molecule has 40 heavy (non-hydrogen) atoms. The number of carboxylic acid groups (broad SMARTS) is 2. The third-order valence-electron chi connectivity index (χ3n) is 5.06. The van der Waals surface area contributed by atoms with Gasteiger partial charge in [0.05, 0.1) is 10.0 Å². The SMILES string of the molecule is C.CC.F.O=C(O)c1cc2nnc(-c3ccc(Cl)c(Cl)c3)n2[nH]1.O=C(O)c1cc2nnc(-c3ccccc3)n2[nH]1. The number of rotatable bonds is 4. The molecule has 0 saturated carbocycles. The second kappa shape index (κ2) is 13.4. The number of halogens is 3. The summed E-state index contributed by atoms with van der Waals surface area (Å²) in [6.45, 7) is 4.00. The summed E-state index contributed by atoms with van der Waals surface area (Å²) in [7, 11) is 0. The van der Waals surface area contributed by atoms with Crippen molar-refractivity contribution in [2.45, 2.75) is 21.3 Å². The van der Waals surface area contributed by atoms with Crippen molar-refractivity contribution >= 4 is 46.4 Å². The van der Waals surface area contributed by atoms with Crippen LogP contribution in [0.2, 0.25) is 10.0 Å². The van der Waals surface area contributed by atoms with Gasteiger partial charge in [-0.15, -0.1) is 20.4 Å². The van der Waals surface area contributed by atoms with E-state index in [1.165, 1.54) is 16.6 Å². The summed E-state index contributed by atoms with van der Waals surface area (Å²) < 4.78 is 3.03. The Kier molecular flexibility index (Phi) is 10.5. The van der Waals surface area contributed by atoms with Crippen LogP contribution in [0.25, 0.3) is 34.1 Å². The van der Waals surface area contributed by atoms with E-state index in [0.717, 1.165) is 5.56 Å². The van der Waals surface area contributed by atoms with Crippen molar-refractivity contribution in [1.29, 1.82) is 0 Å². The maximum atomic E-state index is 10.9. The molecule has 2 aromatic carbocycles. The van der Waals surface area contributed by atoms with E-state index in [2.05, 4.69) is 30.6 Å². The molecule has 12 nitrogen and oxygen atoms in total. The van der Waals surface area contributed by atoms with Crippen LogP contribution in [0.5, 0.6) is 0 Å². The van der Waals surface area contributed by atoms with Gasteiger partial charge in [-0.2, -0.15) is 0 Å². The number of benzene rings is 2. The molecular weight excluding hydrogens is 566 g/mol. The van der Waals surface area contributed by atoms with E-state index in [4.69, 9.17) is 33.4 Å². The van der Waals surface area contributed by atoms with Crippen LogP contribution in [0.1, 0.15) is 42.3 Å². The number of nitrogens with one attached hydrogen (secondary N) is 2. The number of carbonyl (C=O) groups is 2. The van der Waals surface area contributed by atoms with Gasteiger partial charge < -0.3 is 10.2 Å². The zero-order chi connectivity index (χ0) is 27.4. The lowest BCUT2D eigenvalue weighted by Crippen LogP contribution is -1.98. The topological polar surface area (TPSA) is 167 Å². The molecule has 0 aliphatic carbocycles. The van der Waals surface area contributed by atoms with E-state index >= 15 is 0 Å². The summed E-state index contributed by atoms with van der Waals surface area (Å²) in [6.07, 6.45) is 0. The smallest absolute Gasteiger partial charge is 0.353 e. The highest BCUT2D eigenvalue weighted by atomic mass is 35.5. The molecule has 0 unspecified atom stereocenters. The Bertz CT molecular complexity index is 1740. The first-order valence-corrected chi connectivity index (χ1v) is 11.9. The van der Waals surface area contributed by atoms with E-state index < -0.39 is 11.9 Å². The van der Waals surface area contributed by atoms with E-state index in [1.807, 2.05) is 44.2 Å². The maximum absolute atomic E-state index is 10.9. The van der Waals surface area contributed by atoms with Gasteiger partial charge in [-0.3, -0.25) is 14.9 Å². The monoisotopic (exact) mass is 590 g/mol. The molecule has 0 spiro atoms. The highest BCUT2D eigenvalue weighted by Crippen LogP contribution is 2.27. The summed E-state index contributed by atoms with van der Waals surface area (Å²) in [5, 5.41) is 39.8. The lowest BCUT2D eigenvalue weighted by atomic mass is 10.2. The van der Waals surface area contributed by atoms with Gasteiger partial charge in [0.2, 0.25) is 0 Å². The largest absolute Gasteiger partial charge is 0.477 e. The lowest BCUT2D eigenvalue weighted by molar-refractivity contribution is 0.0679. The molecule has 4 aromatic heterocycles. The van der Waals surface area contributed by atoms with Gasteiger partial charge >= 0.3 is 11.9 Å². The Morgan fingerprint density at radius 2 is 1.18 bits per heavy atom. The summed E-state index contributed by atoms with van der Waals surface area (Å²) in [4.78, 5) is 21.7. The fraction of sp³-hybridized carbons (Fsp3) is 0.120. The summed E-state index contributed by atoms with van der Waals surface area (Å²) in [5.41, 5.74) is 2.58. The Labute approximate surface area is 236 Å². The van der Waals surface area contributed by atoms with Crippen molar-refractivity contribution in [3.05, 3.63) is 82.1 Å². The molecule has 6 aromatic rings. The van der Waals surface area contributed by atoms with Crippen LogP contribution in [0, 0.1) is 0 Å². The Hall–Kier alpha value is -4.75. The van der Waals surface area contributed by atoms with E-state index in [-0.39, 0.29) is 23.5 Å². The van der Waals surface area contributed by atoms with Crippen LogP contribution in [-0.4, -0.2) is 61.8 Å². The zero-order valence-corrected chi connectivity index (χ0v) is 21.8. The zero-order valence-electron chi connectivity index (χ0n) is 20.3. The third kappa shape index (κ3) is 6.27. The molecule has 4 heterocycles. The second-order valence-electron chi connectivity index (χ2n) is 7.38. The minimum Gasteiger partial charge on any atom is -0.477 e. The molecule has 4 N–H and O–H groups in total. The molecule has 0 aliphatic heterocycles. The van der Waals surface area contributed by atoms with Crippen LogP contribution in [-0.2, 0) is 0 Å². The number of H-pyrrole nitrogens is 2. The molecule has 6 rings (SSSR count). The highest BCUT2D eigenvalue weighted by Gasteiger charge is 2.15. The standard InChI is InChI=1S/C11H6Cl2N4O2.C11H8N4O2.C2H6.CH4.FH/c12-6-2-1-5(3-7(6)13)10-15-14-9-4-8(11(18)19)16-17(9)10;16-11(17)8-6-9-12-13-10(15(9)14-8)7-4-2-1-3-5-7;1-2;;/h1-4,16H,(H,18,19);1-6,14H,(H,16,17);1-2H3;1H4;1H. The molecule has 0 radical (unpaired) electrons. The maximum Gasteiger partial charge on any atom is 0.353 e. The molecule has 15 heteroatoms. The molecule has 210 valence electrons. The van der Waals surface area contributed by atoms with Crippen molar-refractivity contribution in [2.24, 2.45) is 0 Å². The number of nitrogens with zero attached hydrogens (tertiary/aromatic N) is 6. The minimum atomic E-state index is -1.06. The van der Waals surface area contributed by atoms with E-state index in [1.54, 1.807) is 22.7 Å². The molecule has 0 aliphatic rings. The van der Waals surface area contributed by atoms with Gasteiger partial charge in [0.1, 0.15) is 11.4 Å². The van der Waals surface area contributed by atoms with Gasteiger partial charge in [0.15, 0.2) is 22.9 Å². The van der Waals surface area contributed by atoms with Gasteiger partial charge in [-0.25, -0.2) is 18.6 Å². The number of hydrogen-bond donors (Lipinski definition) is 4. The molecule has 0 bridgehead atoms. The fourth-order valence-corrected chi connectivity index (χ4v) is 3.68. The van der Waals surface area contributed by atoms with Crippen LogP contribution < -0.4 is 0 Å². The van der Waals surface area contributed by atoms with Gasteiger partial charge in [-0.05, 0) is 18.2 Å². The van der Waals surface area contributed by atoms with Crippen LogP contribution >= 0.6 is 23.2 Å². The number of carboxylic acids is 2. The molecule has 0 fully saturated rings. The van der Waals surface area contributed by atoms with Gasteiger partial charge in [0, 0.05) is 23.3 Å². The third-order valence-corrected chi connectivity index (χ3v) is 5.80. The Balaban J connectivity index is 0.000000253. The first kappa shape index (κ1) is 31.5. The fourth-order valence-electron chi connectivity index (χ4n) is 3.38. The molecule has 0 atom stereocenters. The molecular formula is C25H25Cl2FN8O4. The number of hydrogen-bond acceptors (Lipinski definition) is 6. The number of aromatic amines is 2. The second-order valence-corrected chi connectivity index (χ2v) is 8.19. The van der Waals surface area contributed by atoms with Crippen molar-refractivity contribution in [3.63, 3.8) is 0 Å². The quantitative estimate of drug-likeness (QED) is 0.195. The predicted octanol–water partition coefficient (Wildman–Crippen LogP) is 5.97. The lowest BCUT2D eigenvalue weighted by Gasteiger charge is -2.00. The van der Waals surface area contributed by atoms with Crippen molar-refractivity contribution in [2.75, 3.05) is 0 Å². The summed E-state index contributed by atoms with van der Waals surface area (Å²) in [6, 6.07) is 17.3. The Morgan fingerprint density at radius 3 is 1.62 bits per heavy atom. The average molecular weight is 591 g/mol. The number of fused-ring (bicyclic) bond motifs is 2. The van der Waals surface area contributed by atoms with E-state index in [9.17, 15) is 9.59 Å². The number of aromatic carboxylic acids is 2. The average Bonchev–Trinajstić information content (AvgIpc) is 3.68. The van der Waals surface area contributed by atoms with E-state index in [0.29, 0.717) is 38.6 Å². The first-order valence-electron chi connectivity index (χ1n) is 11.2. The van der Waals surface area contributed by atoms with Gasteiger partial charge in [-0.1, -0.05) is 74.8 Å². The first-order chi connectivity index (χ1) is 18.3. The highest BCUT2D eigenvalue weighted by molar-refractivity contribution is 6.42. The van der Waals surface area contributed by atoms with Gasteiger partial charge in [0.25, 0.3) is 0 Å².